The van der Waals surface area contributed by atoms with Crippen molar-refractivity contribution in [3.8, 4) is 0 Å². The molecule has 0 spiro atoms. The lowest BCUT2D eigenvalue weighted by molar-refractivity contribution is -0.137. The van der Waals surface area contributed by atoms with Gasteiger partial charge in [-0.1, -0.05) is 89.3 Å². The van der Waals surface area contributed by atoms with Gasteiger partial charge in [-0.15, -0.1) is 0 Å². The number of aliphatic carboxylic acids is 1. The summed E-state index contributed by atoms with van der Waals surface area (Å²) in [5.41, 5.74) is 0.0380. The Morgan fingerprint density at radius 1 is 0.833 bits per heavy atom. The van der Waals surface area contributed by atoms with E-state index in [0.29, 0.717) is 6.42 Å². The summed E-state index contributed by atoms with van der Waals surface area (Å²) in [7, 11) is 0. The fourth-order valence-corrected chi connectivity index (χ4v) is 2.52. The van der Waals surface area contributed by atoms with E-state index in [1.54, 1.807) is 0 Å². The number of carboxylic acids is 1. The van der Waals surface area contributed by atoms with E-state index in [0.717, 1.165) is 12.8 Å². The van der Waals surface area contributed by atoms with Gasteiger partial charge in [0.25, 0.3) is 0 Å². The van der Waals surface area contributed by atoms with Crippen LogP contribution in [0.25, 0.3) is 0 Å². The molecule has 0 aromatic carbocycles. The van der Waals surface area contributed by atoms with E-state index in [1.165, 1.54) is 44.9 Å². The van der Waals surface area contributed by atoms with E-state index >= 15 is 0 Å². The molecule has 0 fully saturated rings. The Bertz CT molecular complexity index is 389. The Kier molecular flexibility index (Phi) is 14.4. The molecule has 24 heavy (non-hydrogen) atoms. The summed E-state index contributed by atoms with van der Waals surface area (Å²) in [6, 6.07) is 0. The maximum absolute atomic E-state index is 10.4. The van der Waals surface area contributed by atoms with Crippen molar-refractivity contribution >= 4 is 5.97 Å². The Morgan fingerprint density at radius 2 is 1.46 bits per heavy atom. The molecule has 0 aliphatic carbocycles. The maximum Gasteiger partial charge on any atom is 0.303 e. The molecule has 0 aliphatic heterocycles. The molecule has 0 aromatic heterocycles. The van der Waals surface area contributed by atoms with Gasteiger partial charge in [-0.3, -0.25) is 4.79 Å². The molecule has 0 bridgehead atoms. The first-order valence-electron chi connectivity index (χ1n) is 9.70. The summed E-state index contributed by atoms with van der Waals surface area (Å²) in [5, 5.41) is 8.60. The van der Waals surface area contributed by atoms with Gasteiger partial charge in [-0.05, 0) is 32.1 Å². The highest BCUT2D eigenvalue weighted by Gasteiger charge is 2.07. The van der Waals surface area contributed by atoms with Crippen LogP contribution in [0.2, 0.25) is 0 Å². The van der Waals surface area contributed by atoms with Crippen LogP contribution in [0.3, 0.4) is 0 Å². The van der Waals surface area contributed by atoms with Gasteiger partial charge in [0.05, 0.1) is 0 Å². The van der Waals surface area contributed by atoms with Crippen LogP contribution in [0.15, 0.2) is 36.5 Å². The van der Waals surface area contributed by atoms with Crippen molar-refractivity contribution in [2.24, 2.45) is 5.41 Å². The fraction of sp³-hybridized carbons (Fsp3) is 0.682. The standard InChI is InChI=1S/C22H38O2/c1-4-5-6-7-8-9-10-11-12-13-16-19-22(2,3)20-17-14-15-18-21(23)24/h11-12,16-17,19-20H,4-10,13-15,18H2,1-3H3,(H,23,24). The zero-order chi connectivity index (χ0) is 18.1. The molecule has 0 heterocycles. The van der Waals surface area contributed by atoms with Gasteiger partial charge >= 0.3 is 5.97 Å². The van der Waals surface area contributed by atoms with E-state index in [9.17, 15) is 4.79 Å². The molecule has 0 aromatic rings. The van der Waals surface area contributed by atoms with E-state index < -0.39 is 5.97 Å². The number of allylic oxidation sites excluding steroid dienone is 6. The minimum absolute atomic E-state index is 0.0380. The van der Waals surface area contributed by atoms with Crippen LogP contribution in [0, 0.1) is 5.41 Å². The highest BCUT2D eigenvalue weighted by atomic mass is 16.4. The lowest BCUT2D eigenvalue weighted by Gasteiger charge is -2.14. The van der Waals surface area contributed by atoms with Crippen molar-refractivity contribution in [1.82, 2.24) is 0 Å². The molecule has 0 radical (unpaired) electrons. The van der Waals surface area contributed by atoms with Crippen molar-refractivity contribution in [2.75, 3.05) is 0 Å². The third kappa shape index (κ3) is 17.1. The summed E-state index contributed by atoms with van der Waals surface area (Å²) in [5.74, 6) is -0.713. The Morgan fingerprint density at radius 3 is 2.17 bits per heavy atom. The van der Waals surface area contributed by atoms with Gasteiger partial charge in [0.15, 0.2) is 0 Å². The van der Waals surface area contributed by atoms with Crippen LogP contribution in [-0.4, -0.2) is 11.1 Å². The van der Waals surface area contributed by atoms with Gasteiger partial charge < -0.3 is 5.11 Å². The smallest absolute Gasteiger partial charge is 0.303 e. The largest absolute Gasteiger partial charge is 0.481 e. The molecule has 0 unspecified atom stereocenters. The Hall–Kier alpha value is -1.31. The van der Waals surface area contributed by atoms with Crippen molar-refractivity contribution in [3.63, 3.8) is 0 Å². The van der Waals surface area contributed by atoms with E-state index in [2.05, 4.69) is 57.2 Å². The third-order valence-corrected chi connectivity index (χ3v) is 4.02. The first kappa shape index (κ1) is 22.7. The molecule has 0 saturated heterocycles. The van der Waals surface area contributed by atoms with Crippen LogP contribution < -0.4 is 0 Å². The molecule has 0 saturated carbocycles. The fourth-order valence-electron chi connectivity index (χ4n) is 2.52. The molecule has 0 amide bonds. The second kappa shape index (κ2) is 15.2. The number of hydrogen-bond donors (Lipinski definition) is 1. The summed E-state index contributed by atoms with van der Waals surface area (Å²) in [6.45, 7) is 6.61. The minimum atomic E-state index is -0.713. The quantitative estimate of drug-likeness (QED) is 0.257. The van der Waals surface area contributed by atoms with E-state index in [-0.39, 0.29) is 11.8 Å². The maximum atomic E-state index is 10.4. The molecule has 2 heteroatoms. The average molecular weight is 335 g/mol. The van der Waals surface area contributed by atoms with Crippen LogP contribution in [0.5, 0.6) is 0 Å². The molecule has 0 aliphatic rings. The summed E-state index contributed by atoms with van der Waals surface area (Å²) >= 11 is 0. The average Bonchev–Trinajstić information content (AvgIpc) is 2.52. The van der Waals surface area contributed by atoms with Crippen LogP contribution >= 0.6 is 0 Å². The van der Waals surface area contributed by atoms with E-state index in [1.807, 2.05) is 0 Å². The van der Waals surface area contributed by atoms with Crippen LogP contribution in [0.4, 0.5) is 0 Å². The summed E-state index contributed by atoms with van der Waals surface area (Å²) in [4.78, 5) is 10.4. The van der Waals surface area contributed by atoms with Gasteiger partial charge in [0, 0.05) is 11.8 Å². The Labute approximate surface area is 149 Å². The number of rotatable bonds is 15. The molecule has 138 valence electrons. The summed E-state index contributed by atoms with van der Waals surface area (Å²) < 4.78 is 0. The first-order valence-corrected chi connectivity index (χ1v) is 9.70. The molecule has 0 rings (SSSR count). The number of carboxylic acid groups (broad SMARTS) is 1. The van der Waals surface area contributed by atoms with Crippen molar-refractivity contribution in [3.05, 3.63) is 36.5 Å². The number of unbranched alkanes of at least 4 members (excludes halogenated alkanes) is 7. The second-order valence-electron chi connectivity index (χ2n) is 7.18. The van der Waals surface area contributed by atoms with Crippen LogP contribution in [-0.2, 0) is 4.79 Å². The van der Waals surface area contributed by atoms with Crippen molar-refractivity contribution in [1.29, 1.82) is 0 Å². The predicted octanol–water partition coefficient (Wildman–Crippen LogP) is 7.08. The lowest BCUT2D eigenvalue weighted by Crippen LogP contribution is -2.01. The molecular formula is C22H38O2. The number of hydrogen-bond acceptors (Lipinski definition) is 1. The molecule has 0 atom stereocenters. The van der Waals surface area contributed by atoms with Gasteiger partial charge in [0.1, 0.15) is 0 Å². The second-order valence-corrected chi connectivity index (χ2v) is 7.18. The van der Waals surface area contributed by atoms with Crippen molar-refractivity contribution in [2.45, 2.75) is 91.4 Å². The predicted molar refractivity (Wildman–Crippen MR) is 105 cm³/mol. The topological polar surface area (TPSA) is 37.3 Å². The Balaban J connectivity index is 3.73. The first-order chi connectivity index (χ1) is 11.5. The highest BCUT2D eigenvalue weighted by molar-refractivity contribution is 5.66. The molecule has 2 nitrogen and oxygen atoms in total. The van der Waals surface area contributed by atoms with Gasteiger partial charge in [-0.2, -0.15) is 0 Å². The van der Waals surface area contributed by atoms with Gasteiger partial charge in [0.2, 0.25) is 0 Å². The van der Waals surface area contributed by atoms with E-state index in [4.69, 9.17) is 5.11 Å². The van der Waals surface area contributed by atoms with Crippen molar-refractivity contribution < 1.29 is 9.90 Å². The monoisotopic (exact) mass is 334 g/mol. The SMILES string of the molecule is CCCCCCCCC=CCC=CC(C)(C)C=CCCCC(=O)O. The normalized spacial score (nSPS) is 12.8. The zero-order valence-corrected chi connectivity index (χ0v) is 16.1. The zero-order valence-electron chi connectivity index (χ0n) is 16.1. The third-order valence-electron chi connectivity index (χ3n) is 4.02. The minimum Gasteiger partial charge on any atom is -0.481 e. The lowest BCUT2D eigenvalue weighted by atomic mass is 9.91. The summed E-state index contributed by atoms with van der Waals surface area (Å²) in [6.07, 6.45) is 25.4. The highest BCUT2D eigenvalue weighted by Crippen LogP contribution is 2.20. The molecular weight excluding hydrogens is 296 g/mol. The van der Waals surface area contributed by atoms with Gasteiger partial charge in [-0.25, -0.2) is 0 Å². The number of carbonyl (C=O) groups is 1. The molecule has 1 N–H and O–H groups in total. The van der Waals surface area contributed by atoms with Crippen LogP contribution in [0.1, 0.15) is 91.4 Å².